The summed E-state index contributed by atoms with van der Waals surface area (Å²) in [6, 6.07) is 63.2. The Morgan fingerprint density at radius 2 is 1.26 bits per heavy atom. The fourth-order valence-electron chi connectivity index (χ4n) is 7.96. The van der Waals surface area contributed by atoms with Crippen LogP contribution in [0.3, 0.4) is 0 Å². The summed E-state index contributed by atoms with van der Waals surface area (Å²) in [7, 11) is 0. The summed E-state index contributed by atoms with van der Waals surface area (Å²) >= 11 is 0. The number of imidazole rings is 1. The average molecular weight is 871 g/mol. The van der Waals surface area contributed by atoms with E-state index in [-0.39, 0.29) is 21.1 Å². The van der Waals surface area contributed by atoms with Gasteiger partial charge in [0.15, 0.2) is 0 Å². The molecular weight excluding hydrogens is 842 g/mol. The van der Waals surface area contributed by atoms with E-state index < -0.39 is 0 Å². The molecule has 11 aromatic rings. The van der Waals surface area contributed by atoms with Gasteiger partial charge in [-0.15, -0.1) is 34.8 Å². The minimum atomic E-state index is 0. The first-order valence-electron chi connectivity index (χ1n) is 17.8. The molecule has 0 spiro atoms. The molecule has 0 N–H and O–H groups in total. The zero-order chi connectivity index (χ0) is 34.9. The van der Waals surface area contributed by atoms with Crippen molar-refractivity contribution < 1.29 is 21.1 Å². The summed E-state index contributed by atoms with van der Waals surface area (Å²) in [4.78, 5) is 15.6. The molecule has 0 aliphatic carbocycles. The van der Waals surface area contributed by atoms with Gasteiger partial charge in [-0.3, -0.25) is 4.57 Å². The van der Waals surface area contributed by atoms with Crippen LogP contribution < -0.4 is 4.98 Å². The van der Waals surface area contributed by atoms with Crippen molar-refractivity contribution in [3.8, 4) is 45.1 Å². The fraction of sp³-hybridized carbons (Fsp3) is 0. The number of hydrogen-bond donors (Lipinski definition) is 0. The first-order valence-corrected chi connectivity index (χ1v) is 17.8. The average Bonchev–Trinajstić information content (AvgIpc) is 3.91. The standard InChI is InChI=1S/C48H29N5.Pt/c1-3-14-31(15-4-1)33-28-39-36-18-7-9-21-41(36)50-46(39)40(29-33)48-51-47-35(20-13-23-43(47)52(48)34-16-5-2-6-17-34)32-25-26-38-37-19-8-10-22-42(37)53(44(38)30-32)45-24-11-12-27-49-45;/h1-29H;/q-2;+2. The molecule has 0 aliphatic rings. The Hall–Kier alpha value is -6.55. The van der Waals surface area contributed by atoms with Gasteiger partial charge < -0.3 is 9.55 Å². The largest absolute Gasteiger partial charge is 2.00 e. The molecule has 256 valence electrons. The zero-order valence-electron chi connectivity index (χ0n) is 28.8. The van der Waals surface area contributed by atoms with Crippen LogP contribution in [0.25, 0.3) is 99.8 Å². The Bertz CT molecular complexity index is 3160. The van der Waals surface area contributed by atoms with E-state index in [1.807, 2.05) is 24.4 Å². The minimum Gasteiger partial charge on any atom is -0.656 e. The molecule has 5 nitrogen and oxygen atoms in total. The van der Waals surface area contributed by atoms with E-state index in [9.17, 15) is 0 Å². The maximum atomic E-state index is 5.58. The molecule has 0 radical (unpaired) electrons. The zero-order valence-corrected chi connectivity index (χ0v) is 31.1. The first-order chi connectivity index (χ1) is 26.3. The number of fused-ring (bicyclic) bond motifs is 7. The normalized spacial score (nSPS) is 11.6. The van der Waals surface area contributed by atoms with Crippen molar-refractivity contribution in [2.24, 2.45) is 0 Å². The van der Waals surface area contributed by atoms with Crippen LogP contribution in [-0.2, 0) is 21.1 Å². The minimum absolute atomic E-state index is 0. The Kier molecular flexibility index (Phi) is 7.64. The number of hydrogen-bond acceptors (Lipinski definition) is 2. The van der Waals surface area contributed by atoms with E-state index in [1.54, 1.807) is 0 Å². The van der Waals surface area contributed by atoms with E-state index in [2.05, 4.69) is 167 Å². The van der Waals surface area contributed by atoms with Crippen LogP contribution >= 0.6 is 0 Å². The molecule has 54 heavy (non-hydrogen) atoms. The van der Waals surface area contributed by atoms with Crippen LogP contribution in [0.15, 0.2) is 176 Å². The van der Waals surface area contributed by atoms with Crippen molar-refractivity contribution >= 4 is 54.6 Å². The summed E-state index contributed by atoms with van der Waals surface area (Å²) in [5.74, 6) is 1.70. The Balaban J connectivity index is 0.00000361. The van der Waals surface area contributed by atoms with Gasteiger partial charge in [-0.05, 0) is 81.3 Å². The number of pyridine rings is 1. The predicted molar refractivity (Wildman–Crippen MR) is 217 cm³/mol. The summed E-state index contributed by atoms with van der Waals surface area (Å²) in [6.07, 6.45) is 1.84. The van der Waals surface area contributed by atoms with Crippen LogP contribution in [0.2, 0.25) is 0 Å². The van der Waals surface area contributed by atoms with Crippen molar-refractivity contribution in [1.82, 2.24) is 24.1 Å². The maximum Gasteiger partial charge on any atom is 2.00 e. The SMILES string of the molecule is [Pt+2].[c-]1c(-c2cccc3c2nc(-c2cc(-c4ccccc4)cc4c2[n-]c2ccccc24)n3-c2ccccc2)ccc2c3ccccc3n(-c3ccccn3)c12. The summed E-state index contributed by atoms with van der Waals surface area (Å²) < 4.78 is 4.49. The van der Waals surface area contributed by atoms with E-state index in [0.29, 0.717) is 0 Å². The van der Waals surface area contributed by atoms with Gasteiger partial charge in [-0.2, -0.15) is 0 Å². The molecule has 11 rings (SSSR count). The molecule has 0 amide bonds. The second kappa shape index (κ2) is 12.8. The third kappa shape index (κ3) is 4.97. The van der Waals surface area contributed by atoms with E-state index in [0.717, 1.165) is 94.4 Å². The van der Waals surface area contributed by atoms with Crippen molar-refractivity contribution in [2.45, 2.75) is 0 Å². The van der Waals surface area contributed by atoms with Crippen LogP contribution in [0.1, 0.15) is 0 Å². The smallest absolute Gasteiger partial charge is 0.656 e. The van der Waals surface area contributed by atoms with Gasteiger partial charge in [0.2, 0.25) is 0 Å². The number of rotatable bonds is 5. The molecule has 0 bridgehead atoms. The molecule has 0 unspecified atom stereocenters. The molecule has 0 fully saturated rings. The second-order valence-electron chi connectivity index (χ2n) is 13.4. The summed E-state index contributed by atoms with van der Waals surface area (Å²) in [5.41, 5.74) is 12.2. The third-order valence-electron chi connectivity index (χ3n) is 10.3. The molecule has 4 aromatic heterocycles. The number of aromatic nitrogens is 5. The number of para-hydroxylation sites is 4. The van der Waals surface area contributed by atoms with Gasteiger partial charge in [0.1, 0.15) is 11.6 Å². The predicted octanol–water partition coefficient (Wildman–Crippen LogP) is 11.6. The van der Waals surface area contributed by atoms with Gasteiger partial charge >= 0.3 is 21.1 Å². The second-order valence-corrected chi connectivity index (χ2v) is 13.4. The van der Waals surface area contributed by atoms with Crippen molar-refractivity contribution in [1.29, 1.82) is 0 Å². The molecule has 0 atom stereocenters. The molecule has 7 aromatic carbocycles. The molecule has 0 aliphatic heterocycles. The van der Waals surface area contributed by atoms with Crippen LogP contribution in [0.4, 0.5) is 0 Å². The third-order valence-corrected chi connectivity index (χ3v) is 10.3. The topological polar surface area (TPSA) is 49.7 Å². The van der Waals surface area contributed by atoms with Gasteiger partial charge in [0.05, 0.1) is 11.0 Å². The van der Waals surface area contributed by atoms with Crippen molar-refractivity contribution in [2.75, 3.05) is 0 Å². The summed E-state index contributed by atoms with van der Waals surface area (Å²) in [6.45, 7) is 0. The Labute approximate surface area is 325 Å². The van der Waals surface area contributed by atoms with Crippen molar-refractivity contribution in [3.63, 3.8) is 0 Å². The van der Waals surface area contributed by atoms with Gasteiger partial charge in [0.25, 0.3) is 0 Å². The molecule has 0 saturated carbocycles. The van der Waals surface area contributed by atoms with E-state index in [1.165, 1.54) is 5.39 Å². The van der Waals surface area contributed by atoms with Crippen LogP contribution in [0, 0.1) is 6.07 Å². The molecule has 6 heteroatoms. The monoisotopic (exact) mass is 870 g/mol. The molecular formula is C48H29N5Pt. The van der Waals surface area contributed by atoms with Gasteiger partial charge in [-0.25, -0.2) is 9.97 Å². The first kappa shape index (κ1) is 32.1. The van der Waals surface area contributed by atoms with Gasteiger partial charge in [0, 0.05) is 23.0 Å². The Morgan fingerprint density at radius 3 is 2.09 bits per heavy atom. The van der Waals surface area contributed by atoms with Crippen LogP contribution in [0.5, 0.6) is 0 Å². The van der Waals surface area contributed by atoms with Crippen molar-refractivity contribution in [3.05, 3.63) is 182 Å². The quantitative estimate of drug-likeness (QED) is 0.162. The fourth-order valence-corrected chi connectivity index (χ4v) is 7.96. The van der Waals surface area contributed by atoms with Gasteiger partial charge in [-0.1, -0.05) is 120 Å². The van der Waals surface area contributed by atoms with E-state index in [4.69, 9.17) is 15.0 Å². The summed E-state index contributed by atoms with van der Waals surface area (Å²) in [5, 5.41) is 4.55. The molecule has 0 saturated heterocycles. The van der Waals surface area contributed by atoms with Crippen LogP contribution in [-0.4, -0.2) is 19.1 Å². The number of nitrogens with zero attached hydrogens (tertiary/aromatic N) is 5. The molecule has 4 heterocycles. The number of benzene rings is 7. The maximum absolute atomic E-state index is 5.58. The van der Waals surface area contributed by atoms with E-state index >= 15 is 0 Å². The Morgan fingerprint density at radius 1 is 0.519 bits per heavy atom.